The molecule has 0 aromatic heterocycles. The first-order chi connectivity index (χ1) is 15.1. The number of benzene rings is 3. The lowest BCUT2D eigenvalue weighted by Crippen LogP contribution is -2.17. The van der Waals surface area contributed by atoms with Gasteiger partial charge in [-0.3, -0.25) is 24.0 Å². The Kier molecular flexibility index (Phi) is 6.02. The number of amides is 1. The van der Waals surface area contributed by atoms with Crippen LogP contribution in [0.4, 0.5) is 11.4 Å². The van der Waals surface area contributed by atoms with E-state index < -0.39 is 40.9 Å². The number of hydrogen-bond acceptors (Lipinski definition) is 7. The first-order valence-corrected chi connectivity index (χ1v) is 12.1. The number of nitro benzene ring substituents is 1. The highest BCUT2D eigenvalue weighted by Gasteiger charge is 2.26. The number of carbonyl (C=O) groups excluding carboxylic acids is 1. The second-order valence-corrected chi connectivity index (χ2v) is 10.1. The lowest BCUT2D eigenvalue weighted by Gasteiger charge is -2.16. The predicted octanol–water partition coefficient (Wildman–Crippen LogP) is 3.42. The van der Waals surface area contributed by atoms with E-state index in [-0.39, 0.29) is 33.3 Å². The zero-order chi connectivity index (χ0) is 24.9. The molecule has 0 spiro atoms. The summed E-state index contributed by atoms with van der Waals surface area (Å²) in [6, 6.07) is 6.81. The molecule has 11 nitrogen and oxygen atoms in total. The molecule has 174 valence electrons. The number of carbonyl (C=O) groups is 1. The largest absolute Gasteiger partial charge is 0.321 e. The van der Waals surface area contributed by atoms with E-state index in [1.54, 1.807) is 6.92 Å². The number of aryl methyl sites for hydroxylation is 2. The number of anilines is 1. The van der Waals surface area contributed by atoms with Gasteiger partial charge >= 0.3 is 0 Å². The average molecular weight is 495 g/mol. The van der Waals surface area contributed by atoms with Crippen molar-refractivity contribution in [3.63, 3.8) is 0 Å². The number of nitrogens with zero attached hydrogens (tertiary/aromatic N) is 1. The summed E-state index contributed by atoms with van der Waals surface area (Å²) in [5, 5.41) is 13.3. The molecular weight excluding hydrogens is 476 g/mol. The second-order valence-electron chi connectivity index (χ2n) is 7.31. The maximum absolute atomic E-state index is 13.1. The Balaban J connectivity index is 2.30. The van der Waals surface area contributed by atoms with Gasteiger partial charge in [0.15, 0.2) is 0 Å². The van der Waals surface area contributed by atoms with Crippen molar-refractivity contribution >= 4 is 48.3 Å². The quantitative estimate of drug-likeness (QED) is 0.272. The highest BCUT2D eigenvalue weighted by atomic mass is 32.2. The van der Waals surface area contributed by atoms with E-state index in [2.05, 4.69) is 5.32 Å². The van der Waals surface area contributed by atoms with Crippen molar-refractivity contribution in [2.45, 2.75) is 30.6 Å². The third-order valence-corrected chi connectivity index (χ3v) is 6.91. The molecule has 0 unspecified atom stereocenters. The van der Waals surface area contributed by atoms with E-state index in [1.807, 2.05) is 0 Å². The van der Waals surface area contributed by atoms with E-state index in [1.165, 1.54) is 26.0 Å². The van der Waals surface area contributed by atoms with Gasteiger partial charge in [0.2, 0.25) is 0 Å². The summed E-state index contributed by atoms with van der Waals surface area (Å²) in [6.45, 7) is 4.50. The van der Waals surface area contributed by atoms with E-state index in [4.69, 9.17) is 0 Å². The van der Waals surface area contributed by atoms with Crippen LogP contribution in [0, 0.1) is 30.9 Å². The first kappa shape index (κ1) is 24.3. The fourth-order valence-corrected chi connectivity index (χ4v) is 5.30. The molecule has 0 radical (unpaired) electrons. The van der Waals surface area contributed by atoms with Gasteiger partial charge in [-0.1, -0.05) is 12.1 Å². The van der Waals surface area contributed by atoms with Crippen LogP contribution in [0.15, 0.2) is 46.2 Å². The molecule has 1 amide bonds. The van der Waals surface area contributed by atoms with E-state index in [0.29, 0.717) is 11.1 Å². The molecule has 33 heavy (non-hydrogen) atoms. The lowest BCUT2D eigenvalue weighted by atomic mass is 9.96. The van der Waals surface area contributed by atoms with E-state index in [9.17, 15) is 40.8 Å². The molecule has 0 fully saturated rings. The van der Waals surface area contributed by atoms with Gasteiger partial charge in [-0.25, -0.2) is 0 Å². The fourth-order valence-electron chi connectivity index (χ4n) is 3.88. The Morgan fingerprint density at radius 3 is 2.09 bits per heavy atom. The summed E-state index contributed by atoms with van der Waals surface area (Å²) in [5.41, 5.74) is 0.381. The fraction of sp³-hybridized carbons (Fsp3) is 0.150. The monoisotopic (exact) mass is 494 g/mol. The molecule has 0 heterocycles. The smallest absolute Gasteiger partial charge is 0.295 e. The molecule has 3 rings (SSSR count). The van der Waals surface area contributed by atoms with Crippen molar-refractivity contribution in [3.8, 4) is 0 Å². The molecule has 0 saturated carbocycles. The Morgan fingerprint density at radius 2 is 1.55 bits per heavy atom. The Labute approximate surface area is 188 Å². The minimum Gasteiger partial charge on any atom is -0.321 e. The van der Waals surface area contributed by atoms with Crippen molar-refractivity contribution in [1.82, 2.24) is 0 Å². The molecule has 3 N–H and O–H groups in total. The minimum atomic E-state index is -4.87. The first-order valence-electron chi connectivity index (χ1n) is 9.21. The van der Waals surface area contributed by atoms with Crippen molar-refractivity contribution in [2.24, 2.45) is 0 Å². The average Bonchev–Trinajstić information content (AvgIpc) is 2.65. The molecule has 0 atom stereocenters. The normalized spacial score (nSPS) is 12.0. The Morgan fingerprint density at radius 1 is 0.939 bits per heavy atom. The SMILES string of the molecule is Cc1cc(C)c([N+](=O)[O-])c(C)c1C(=O)Nc1ccc(S(=O)(=O)O)c2cccc(S(=O)(=O)O)c12. The second kappa shape index (κ2) is 8.19. The summed E-state index contributed by atoms with van der Waals surface area (Å²) in [6.07, 6.45) is 0. The van der Waals surface area contributed by atoms with E-state index >= 15 is 0 Å². The molecular formula is C20H18N2O9S2. The summed E-state index contributed by atoms with van der Waals surface area (Å²) >= 11 is 0. The number of nitro groups is 1. The van der Waals surface area contributed by atoms with Crippen LogP contribution < -0.4 is 5.32 Å². The molecule has 0 saturated heterocycles. The summed E-state index contributed by atoms with van der Waals surface area (Å²) in [4.78, 5) is 22.6. The van der Waals surface area contributed by atoms with Crippen LogP contribution >= 0.6 is 0 Å². The molecule has 3 aromatic rings. The van der Waals surface area contributed by atoms with Crippen LogP contribution in [0.25, 0.3) is 10.8 Å². The van der Waals surface area contributed by atoms with Crippen molar-refractivity contribution in [3.05, 3.63) is 68.8 Å². The van der Waals surface area contributed by atoms with Gasteiger partial charge in [-0.15, -0.1) is 0 Å². The summed E-state index contributed by atoms with van der Waals surface area (Å²) < 4.78 is 66.6. The third-order valence-electron chi connectivity index (χ3n) is 5.11. The van der Waals surface area contributed by atoms with Crippen LogP contribution in [0.2, 0.25) is 0 Å². The van der Waals surface area contributed by atoms with E-state index in [0.717, 1.165) is 24.3 Å². The number of hydrogen-bond donors (Lipinski definition) is 3. The van der Waals surface area contributed by atoms with Gasteiger partial charge in [0.1, 0.15) is 9.79 Å². The third kappa shape index (κ3) is 4.43. The van der Waals surface area contributed by atoms with Crippen molar-refractivity contribution in [2.75, 3.05) is 5.32 Å². The van der Waals surface area contributed by atoms with Gasteiger partial charge in [0.05, 0.1) is 16.2 Å². The molecule has 0 bridgehead atoms. The van der Waals surface area contributed by atoms with Crippen LogP contribution in [0.5, 0.6) is 0 Å². The zero-order valence-electron chi connectivity index (χ0n) is 17.5. The molecule has 0 aliphatic carbocycles. The topological polar surface area (TPSA) is 181 Å². The van der Waals surface area contributed by atoms with Crippen LogP contribution in [0.1, 0.15) is 27.0 Å². The minimum absolute atomic E-state index is 0.0244. The molecule has 3 aromatic carbocycles. The van der Waals surface area contributed by atoms with Gasteiger partial charge in [-0.05, 0) is 50.6 Å². The maximum atomic E-state index is 13.1. The van der Waals surface area contributed by atoms with Crippen LogP contribution in [-0.4, -0.2) is 36.8 Å². The highest BCUT2D eigenvalue weighted by Crippen LogP contribution is 2.35. The number of rotatable bonds is 5. The highest BCUT2D eigenvalue weighted by molar-refractivity contribution is 7.86. The predicted molar refractivity (Wildman–Crippen MR) is 119 cm³/mol. The zero-order valence-corrected chi connectivity index (χ0v) is 19.1. The van der Waals surface area contributed by atoms with Gasteiger partial charge in [-0.2, -0.15) is 16.8 Å². The van der Waals surface area contributed by atoms with Gasteiger partial charge in [0.25, 0.3) is 31.8 Å². The molecule has 0 aliphatic rings. The van der Waals surface area contributed by atoms with Crippen LogP contribution in [0.3, 0.4) is 0 Å². The maximum Gasteiger partial charge on any atom is 0.295 e. The van der Waals surface area contributed by atoms with Crippen molar-refractivity contribution < 1.29 is 35.7 Å². The van der Waals surface area contributed by atoms with Gasteiger partial charge < -0.3 is 5.32 Å². The van der Waals surface area contributed by atoms with Crippen LogP contribution in [-0.2, 0) is 20.2 Å². The van der Waals surface area contributed by atoms with Gasteiger partial charge in [0, 0.05) is 21.9 Å². The summed E-state index contributed by atoms with van der Waals surface area (Å²) in [7, 11) is -9.66. The Bertz CT molecular complexity index is 1560. The Hall–Kier alpha value is -3.39. The standard InChI is InChI=1S/C20H18N2O9S2/c1-10-9-11(2)19(22(24)25)12(3)17(10)20(23)21-14-7-8-15(32(26,27)28)13-5-4-6-16(18(13)14)33(29,30)31/h4-9H,1-3H3,(H,21,23)(H,26,27,28)(H,29,30,31). The number of fused-ring (bicyclic) bond motifs is 1. The lowest BCUT2D eigenvalue weighted by molar-refractivity contribution is -0.386. The molecule has 13 heteroatoms. The molecule has 0 aliphatic heterocycles. The number of nitrogens with one attached hydrogen (secondary N) is 1. The summed E-state index contributed by atoms with van der Waals surface area (Å²) in [5.74, 6) is -0.820. The van der Waals surface area contributed by atoms with Crippen molar-refractivity contribution in [1.29, 1.82) is 0 Å².